The predicted molar refractivity (Wildman–Crippen MR) is 72.2 cm³/mol. The molecule has 2 N–H and O–H groups in total. The molecule has 2 unspecified atom stereocenters. The molecule has 19 heavy (non-hydrogen) atoms. The molecule has 0 aromatic carbocycles. The van der Waals surface area contributed by atoms with Gasteiger partial charge in [0, 0.05) is 39.3 Å². The Morgan fingerprint density at radius 3 is 2.32 bits per heavy atom. The zero-order valence-electron chi connectivity index (χ0n) is 11.4. The lowest BCUT2D eigenvalue weighted by Gasteiger charge is -2.17. The molecule has 0 spiro atoms. The third kappa shape index (κ3) is 2.50. The van der Waals surface area contributed by atoms with Gasteiger partial charge < -0.3 is 20.1 Å². The van der Waals surface area contributed by atoms with Gasteiger partial charge in [-0.05, 0) is 12.8 Å². The van der Waals surface area contributed by atoms with Crippen LogP contribution in [0.2, 0.25) is 0 Å². The molecular formula is C13H20N4O2. The fourth-order valence-electron chi connectivity index (χ4n) is 2.54. The summed E-state index contributed by atoms with van der Waals surface area (Å²) >= 11 is 0. The standard InChI is InChI=1S/C13H20N4O2/c1-18-9-6-17(7-10(9)19-2)12-5-11(14)15-13(16-12)8-3-4-8/h5,8-10H,3-4,6-7H2,1-2H3,(H2,14,15,16). The molecule has 104 valence electrons. The van der Waals surface area contributed by atoms with Gasteiger partial charge in [0.25, 0.3) is 0 Å². The van der Waals surface area contributed by atoms with E-state index in [2.05, 4.69) is 14.9 Å². The number of ether oxygens (including phenoxy) is 2. The summed E-state index contributed by atoms with van der Waals surface area (Å²) in [6.07, 6.45) is 2.49. The molecule has 1 aliphatic carbocycles. The van der Waals surface area contributed by atoms with E-state index >= 15 is 0 Å². The average molecular weight is 264 g/mol. The Morgan fingerprint density at radius 1 is 1.16 bits per heavy atom. The number of aromatic nitrogens is 2. The van der Waals surface area contributed by atoms with Crippen LogP contribution < -0.4 is 10.6 Å². The number of methoxy groups -OCH3 is 2. The van der Waals surface area contributed by atoms with Gasteiger partial charge in [-0.2, -0.15) is 0 Å². The number of nitrogens with zero attached hydrogens (tertiary/aromatic N) is 3. The highest BCUT2D eigenvalue weighted by Crippen LogP contribution is 2.39. The predicted octanol–water partition coefficient (Wildman–Crippen LogP) is 0.786. The number of anilines is 2. The summed E-state index contributed by atoms with van der Waals surface area (Å²) in [5.74, 6) is 2.81. The van der Waals surface area contributed by atoms with E-state index in [0.717, 1.165) is 24.7 Å². The Hall–Kier alpha value is -1.40. The van der Waals surface area contributed by atoms with Gasteiger partial charge in [0.15, 0.2) is 0 Å². The highest BCUT2D eigenvalue weighted by atomic mass is 16.5. The SMILES string of the molecule is COC1CN(c2cc(N)nc(C3CC3)n2)CC1OC. The molecule has 1 saturated heterocycles. The van der Waals surface area contributed by atoms with Crippen molar-refractivity contribution in [3.63, 3.8) is 0 Å². The maximum Gasteiger partial charge on any atom is 0.136 e. The van der Waals surface area contributed by atoms with Crippen LogP contribution in [0.5, 0.6) is 0 Å². The molecule has 0 amide bonds. The topological polar surface area (TPSA) is 73.5 Å². The summed E-state index contributed by atoms with van der Waals surface area (Å²) in [6, 6.07) is 1.83. The van der Waals surface area contributed by atoms with Gasteiger partial charge in [0.2, 0.25) is 0 Å². The summed E-state index contributed by atoms with van der Waals surface area (Å²) in [4.78, 5) is 11.1. The summed E-state index contributed by atoms with van der Waals surface area (Å²) in [5, 5.41) is 0. The van der Waals surface area contributed by atoms with Crippen molar-refractivity contribution in [2.75, 3.05) is 37.9 Å². The summed E-state index contributed by atoms with van der Waals surface area (Å²) in [7, 11) is 3.42. The van der Waals surface area contributed by atoms with Crippen LogP contribution >= 0.6 is 0 Å². The van der Waals surface area contributed by atoms with Crippen molar-refractivity contribution in [3.8, 4) is 0 Å². The molecule has 2 heterocycles. The van der Waals surface area contributed by atoms with E-state index in [0.29, 0.717) is 11.7 Å². The third-order valence-corrected chi connectivity index (χ3v) is 3.84. The molecule has 2 fully saturated rings. The van der Waals surface area contributed by atoms with Crippen molar-refractivity contribution in [2.45, 2.75) is 31.0 Å². The Kier molecular flexibility index (Phi) is 3.28. The molecule has 1 saturated carbocycles. The van der Waals surface area contributed by atoms with Crippen LogP contribution in [0.4, 0.5) is 11.6 Å². The number of rotatable bonds is 4. The largest absolute Gasteiger partial charge is 0.384 e. The minimum absolute atomic E-state index is 0.0746. The second kappa shape index (κ2) is 4.94. The second-order valence-electron chi connectivity index (χ2n) is 5.24. The number of nitrogen functional groups attached to an aromatic ring is 1. The third-order valence-electron chi connectivity index (χ3n) is 3.84. The van der Waals surface area contributed by atoms with Gasteiger partial charge in [-0.15, -0.1) is 0 Å². The summed E-state index contributed by atoms with van der Waals surface area (Å²) in [5.41, 5.74) is 5.89. The molecule has 1 aliphatic heterocycles. The van der Waals surface area contributed by atoms with Crippen LogP contribution in [0.15, 0.2) is 6.07 Å². The molecule has 0 radical (unpaired) electrons. The van der Waals surface area contributed by atoms with Crippen molar-refractivity contribution in [1.82, 2.24) is 9.97 Å². The minimum Gasteiger partial charge on any atom is -0.384 e. The zero-order valence-corrected chi connectivity index (χ0v) is 11.4. The van der Waals surface area contributed by atoms with Crippen LogP contribution in [0, 0.1) is 0 Å². The molecule has 1 aromatic rings. The van der Waals surface area contributed by atoms with E-state index in [4.69, 9.17) is 15.2 Å². The Bertz CT molecular complexity index is 452. The monoisotopic (exact) mass is 264 g/mol. The maximum absolute atomic E-state index is 5.89. The smallest absolute Gasteiger partial charge is 0.136 e. The van der Waals surface area contributed by atoms with Crippen molar-refractivity contribution in [2.24, 2.45) is 0 Å². The van der Waals surface area contributed by atoms with Gasteiger partial charge in [0.1, 0.15) is 29.7 Å². The molecular weight excluding hydrogens is 244 g/mol. The van der Waals surface area contributed by atoms with Crippen molar-refractivity contribution in [3.05, 3.63) is 11.9 Å². The normalized spacial score (nSPS) is 26.9. The molecule has 2 aliphatic rings. The van der Waals surface area contributed by atoms with Gasteiger partial charge in [-0.25, -0.2) is 9.97 Å². The Labute approximate surface area is 112 Å². The zero-order chi connectivity index (χ0) is 13.4. The molecule has 1 aromatic heterocycles. The fraction of sp³-hybridized carbons (Fsp3) is 0.692. The fourth-order valence-corrected chi connectivity index (χ4v) is 2.54. The lowest BCUT2D eigenvalue weighted by molar-refractivity contribution is -0.00461. The molecule has 0 bridgehead atoms. The van der Waals surface area contributed by atoms with Crippen molar-refractivity contribution >= 4 is 11.6 Å². The molecule has 3 rings (SSSR count). The maximum atomic E-state index is 5.89. The number of hydrogen-bond acceptors (Lipinski definition) is 6. The van der Waals surface area contributed by atoms with Crippen LogP contribution in [0.1, 0.15) is 24.6 Å². The van der Waals surface area contributed by atoms with Gasteiger partial charge in [0.05, 0.1) is 0 Å². The number of nitrogens with two attached hydrogens (primary N) is 1. The quantitative estimate of drug-likeness (QED) is 0.866. The van der Waals surface area contributed by atoms with Crippen molar-refractivity contribution in [1.29, 1.82) is 0 Å². The second-order valence-corrected chi connectivity index (χ2v) is 5.24. The summed E-state index contributed by atoms with van der Waals surface area (Å²) in [6.45, 7) is 1.55. The molecule has 2 atom stereocenters. The summed E-state index contributed by atoms with van der Waals surface area (Å²) < 4.78 is 10.9. The van der Waals surface area contributed by atoms with Crippen LogP contribution in [-0.2, 0) is 9.47 Å². The van der Waals surface area contributed by atoms with E-state index in [1.807, 2.05) is 6.07 Å². The Balaban J connectivity index is 1.82. The highest BCUT2D eigenvalue weighted by molar-refractivity contribution is 5.49. The van der Waals surface area contributed by atoms with E-state index in [1.165, 1.54) is 12.8 Å². The first-order chi connectivity index (χ1) is 9.21. The Morgan fingerprint density at radius 2 is 1.79 bits per heavy atom. The van der Waals surface area contributed by atoms with Gasteiger partial charge >= 0.3 is 0 Å². The molecule has 6 nitrogen and oxygen atoms in total. The van der Waals surface area contributed by atoms with E-state index in [1.54, 1.807) is 14.2 Å². The number of hydrogen-bond donors (Lipinski definition) is 1. The first kappa shape index (κ1) is 12.6. The van der Waals surface area contributed by atoms with Crippen LogP contribution in [0.25, 0.3) is 0 Å². The molecule has 6 heteroatoms. The highest BCUT2D eigenvalue weighted by Gasteiger charge is 2.35. The van der Waals surface area contributed by atoms with E-state index in [-0.39, 0.29) is 12.2 Å². The van der Waals surface area contributed by atoms with Crippen LogP contribution in [0.3, 0.4) is 0 Å². The van der Waals surface area contributed by atoms with Gasteiger partial charge in [-0.1, -0.05) is 0 Å². The minimum atomic E-state index is 0.0746. The average Bonchev–Trinajstić information content (AvgIpc) is 3.17. The van der Waals surface area contributed by atoms with E-state index < -0.39 is 0 Å². The lowest BCUT2D eigenvalue weighted by atomic mass is 10.3. The van der Waals surface area contributed by atoms with Crippen molar-refractivity contribution < 1.29 is 9.47 Å². The van der Waals surface area contributed by atoms with Gasteiger partial charge in [-0.3, -0.25) is 0 Å². The first-order valence-electron chi connectivity index (χ1n) is 6.66. The first-order valence-corrected chi connectivity index (χ1v) is 6.66. The van der Waals surface area contributed by atoms with E-state index in [9.17, 15) is 0 Å². The lowest BCUT2D eigenvalue weighted by Crippen LogP contribution is -2.27. The van der Waals surface area contributed by atoms with Crippen LogP contribution in [-0.4, -0.2) is 49.5 Å².